The van der Waals surface area contributed by atoms with E-state index in [9.17, 15) is 9.59 Å². The van der Waals surface area contributed by atoms with Gasteiger partial charge in [-0.05, 0) is 32.6 Å². The van der Waals surface area contributed by atoms with Crippen molar-refractivity contribution >= 4 is 35.2 Å². The Morgan fingerprint density at radius 1 is 1.21 bits per heavy atom. The number of amides is 2. The molecule has 2 saturated heterocycles. The number of piperidine rings is 1. The highest BCUT2D eigenvalue weighted by Crippen LogP contribution is 2.24. The van der Waals surface area contributed by atoms with Crippen molar-refractivity contribution in [3.8, 4) is 0 Å². The molecule has 0 spiro atoms. The van der Waals surface area contributed by atoms with E-state index in [2.05, 4.69) is 25.3 Å². The minimum Gasteiger partial charge on any atom is -0.360 e. The van der Waals surface area contributed by atoms with E-state index in [1.807, 2.05) is 0 Å². The lowest BCUT2D eigenvalue weighted by molar-refractivity contribution is -0.121. The summed E-state index contributed by atoms with van der Waals surface area (Å²) >= 11 is 6.22. The minimum absolute atomic E-state index is 0.109. The van der Waals surface area contributed by atoms with Crippen molar-refractivity contribution < 1.29 is 14.1 Å². The topological polar surface area (TPSA) is 104 Å². The molecule has 2 aromatic rings. The molecule has 2 amide bonds. The zero-order valence-corrected chi connectivity index (χ0v) is 17.0. The molecule has 4 rings (SSSR count). The molecule has 0 bridgehead atoms. The smallest absolute Gasteiger partial charge is 0.274 e. The summed E-state index contributed by atoms with van der Waals surface area (Å²) in [6.07, 6.45) is 4.82. The summed E-state index contributed by atoms with van der Waals surface area (Å²) in [6.45, 7) is 4.48. The Morgan fingerprint density at radius 2 is 1.93 bits per heavy atom. The maximum Gasteiger partial charge on any atom is 0.274 e. The van der Waals surface area contributed by atoms with Crippen LogP contribution in [0.1, 0.15) is 41.9 Å². The van der Waals surface area contributed by atoms with Gasteiger partial charge in [-0.15, -0.1) is 0 Å². The summed E-state index contributed by atoms with van der Waals surface area (Å²) in [5, 5.41) is 6.79. The van der Waals surface area contributed by atoms with Crippen LogP contribution in [-0.4, -0.2) is 58.0 Å². The van der Waals surface area contributed by atoms with Crippen LogP contribution >= 0.6 is 11.6 Å². The number of aromatic nitrogens is 3. The number of nitrogens with zero attached hydrogens (tertiary/aromatic N) is 5. The van der Waals surface area contributed by atoms with Crippen LogP contribution in [0.4, 0.5) is 11.8 Å². The van der Waals surface area contributed by atoms with Crippen LogP contribution in [0.15, 0.2) is 16.8 Å². The molecule has 0 radical (unpaired) electrons. The van der Waals surface area contributed by atoms with Gasteiger partial charge in [0.05, 0.1) is 11.2 Å². The first-order chi connectivity index (χ1) is 14.0. The predicted molar refractivity (Wildman–Crippen MR) is 107 cm³/mol. The molecule has 2 aliphatic heterocycles. The number of rotatable bonds is 4. The Balaban J connectivity index is 1.37. The normalized spacial score (nSPS) is 17.6. The highest BCUT2D eigenvalue weighted by molar-refractivity contribution is 6.33. The zero-order valence-electron chi connectivity index (χ0n) is 16.2. The molecule has 29 heavy (non-hydrogen) atoms. The maximum absolute atomic E-state index is 13.0. The number of carbonyl (C=O) groups is 2. The van der Waals surface area contributed by atoms with Gasteiger partial charge in [-0.3, -0.25) is 9.59 Å². The average molecular weight is 419 g/mol. The fraction of sp³-hybridized carbons (Fsp3) is 0.526. The molecule has 0 aliphatic carbocycles. The van der Waals surface area contributed by atoms with Gasteiger partial charge in [0.2, 0.25) is 11.9 Å². The summed E-state index contributed by atoms with van der Waals surface area (Å²) < 4.78 is 4.96. The van der Waals surface area contributed by atoms with Crippen molar-refractivity contribution in [2.24, 2.45) is 5.92 Å². The Morgan fingerprint density at radius 3 is 2.59 bits per heavy atom. The third kappa shape index (κ3) is 4.34. The molecular weight excluding hydrogens is 396 g/mol. The van der Waals surface area contributed by atoms with E-state index in [4.69, 9.17) is 16.1 Å². The van der Waals surface area contributed by atoms with Crippen molar-refractivity contribution in [3.63, 3.8) is 0 Å². The lowest BCUT2D eigenvalue weighted by Crippen LogP contribution is -2.42. The van der Waals surface area contributed by atoms with Crippen molar-refractivity contribution in [1.29, 1.82) is 0 Å². The van der Waals surface area contributed by atoms with E-state index in [1.54, 1.807) is 17.9 Å². The van der Waals surface area contributed by atoms with Gasteiger partial charge in [0.1, 0.15) is 5.76 Å². The third-order valence-electron chi connectivity index (χ3n) is 5.36. The van der Waals surface area contributed by atoms with Crippen molar-refractivity contribution in [3.05, 3.63) is 28.7 Å². The number of hydrogen-bond donors (Lipinski definition) is 1. The van der Waals surface area contributed by atoms with Crippen LogP contribution in [0.2, 0.25) is 5.02 Å². The lowest BCUT2D eigenvalue weighted by atomic mass is 9.95. The molecule has 4 heterocycles. The number of nitrogens with one attached hydrogen (secondary N) is 1. The van der Waals surface area contributed by atoms with E-state index in [0.29, 0.717) is 43.5 Å². The molecule has 0 atom stereocenters. The number of aryl methyl sites for hydroxylation is 1. The Bertz CT molecular complexity index is 903. The first kappa shape index (κ1) is 19.6. The van der Waals surface area contributed by atoms with Gasteiger partial charge in [-0.25, -0.2) is 9.97 Å². The van der Waals surface area contributed by atoms with Crippen LogP contribution in [0.5, 0.6) is 0 Å². The van der Waals surface area contributed by atoms with E-state index in [-0.39, 0.29) is 28.4 Å². The monoisotopic (exact) mass is 418 g/mol. The fourth-order valence-corrected chi connectivity index (χ4v) is 3.90. The van der Waals surface area contributed by atoms with E-state index >= 15 is 0 Å². The second kappa shape index (κ2) is 8.36. The minimum atomic E-state index is -0.219. The first-order valence-electron chi connectivity index (χ1n) is 9.82. The molecule has 0 aromatic carbocycles. The van der Waals surface area contributed by atoms with E-state index in [0.717, 1.165) is 25.9 Å². The quantitative estimate of drug-likeness (QED) is 0.813. The third-order valence-corrected chi connectivity index (χ3v) is 5.63. The molecule has 2 fully saturated rings. The van der Waals surface area contributed by atoms with Gasteiger partial charge in [-0.2, -0.15) is 0 Å². The summed E-state index contributed by atoms with van der Waals surface area (Å²) in [5.41, 5.74) is 0.226. The predicted octanol–water partition coefficient (Wildman–Crippen LogP) is 2.52. The SMILES string of the molecule is Cc1cc(NC(=O)C2CCN(C(=O)c3nc(N4CCCC4)ncc3Cl)CC2)no1. The molecule has 10 heteroatoms. The summed E-state index contributed by atoms with van der Waals surface area (Å²) in [5.74, 6) is 1.08. The largest absolute Gasteiger partial charge is 0.360 e. The number of halogens is 1. The highest BCUT2D eigenvalue weighted by Gasteiger charge is 2.30. The Kier molecular flexibility index (Phi) is 5.66. The highest BCUT2D eigenvalue weighted by atomic mass is 35.5. The summed E-state index contributed by atoms with van der Waals surface area (Å²) in [6, 6.07) is 1.67. The van der Waals surface area contributed by atoms with Crippen molar-refractivity contribution in [1.82, 2.24) is 20.0 Å². The van der Waals surface area contributed by atoms with Gasteiger partial charge >= 0.3 is 0 Å². The van der Waals surface area contributed by atoms with Crippen LogP contribution < -0.4 is 10.2 Å². The second-order valence-electron chi connectivity index (χ2n) is 7.44. The van der Waals surface area contributed by atoms with Gasteiger partial charge < -0.3 is 19.6 Å². The molecule has 2 aliphatic rings. The Hall–Kier alpha value is -2.68. The number of likely N-dealkylation sites (tertiary alicyclic amines) is 1. The van der Waals surface area contributed by atoms with Crippen LogP contribution in [0.3, 0.4) is 0 Å². The van der Waals surface area contributed by atoms with Gasteiger partial charge in [0.15, 0.2) is 11.5 Å². The van der Waals surface area contributed by atoms with Crippen molar-refractivity contribution in [2.75, 3.05) is 36.4 Å². The molecule has 154 valence electrons. The Labute approximate surface area is 173 Å². The summed E-state index contributed by atoms with van der Waals surface area (Å²) in [7, 11) is 0. The fourth-order valence-electron chi connectivity index (χ4n) is 3.73. The van der Waals surface area contributed by atoms with Gasteiger partial charge in [-0.1, -0.05) is 16.8 Å². The molecular formula is C19H23ClN6O3. The molecule has 0 saturated carbocycles. The van der Waals surface area contributed by atoms with E-state index < -0.39 is 0 Å². The number of anilines is 2. The van der Waals surface area contributed by atoms with Crippen LogP contribution in [0.25, 0.3) is 0 Å². The molecule has 1 N–H and O–H groups in total. The number of hydrogen-bond acceptors (Lipinski definition) is 7. The molecule has 9 nitrogen and oxygen atoms in total. The van der Waals surface area contributed by atoms with Gasteiger partial charge in [0.25, 0.3) is 5.91 Å². The van der Waals surface area contributed by atoms with Crippen molar-refractivity contribution in [2.45, 2.75) is 32.6 Å². The second-order valence-corrected chi connectivity index (χ2v) is 7.85. The standard InChI is InChI=1S/C19H23ClN6O3/c1-12-10-15(24-29-12)22-17(27)13-4-8-25(9-5-13)18(28)16-14(20)11-21-19(23-16)26-6-2-3-7-26/h10-11,13H,2-9H2,1H3,(H,22,24,27). The van der Waals surface area contributed by atoms with Crippen LogP contribution in [0, 0.1) is 12.8 Å². The lowest BCUT2D eigenvalue weighted by Gasteiger charge is -2.31. The number of carbonyl (C=O) groups excluding carboxylic acids is 2. The van der Waals surface area contributed by atoms with Gasteiger partial charge in [0, 0.05) is 38.2 Å². The average Bonchev–Trinajstić information content (AvgIpc) is 3.40. The van der Waals surface area contributed by atoms with Crippen LogP contribution in [-0.2, 0) is 4.79 Å². The summed E-state index contributed by atoms with van der Waals surface area (Å²) in [4.78, 5) is 37.9. The maximum atomic E-state index is 13.0. The molecule has 0 unspecified atom stereocenters. The molecule has 2 aromatic heterocycles. The van der Waals surface area contributed by atoms with E-state index in [1.165, 1.54) is 6.20 Å². The zero-order chi connectivity index (χ0) is 20.4. The first-order valence-corrected chi connectivity index (χ1v) is 10.2.